The minimum absolute atomic E-state index is 0.0238. The van der Waals surface area contributed by atoms with E-state index >= 15 is 0 Å². The van der Waals surface area contributed by atoms with Crippen molar-refractivity contribution >= 4 is 27.9 Å². The van der Waals surface area contributed by atoms with Crippen molar-refractivity contribution in [1.82, 2.24) is 9.78 Å². The third kappa shape index (κ3) is 4.09. The molecule has 1 heterocycles. The smallest absolute Gasteiger partial charge is 0.289 e. The van der Waals surface area contributed by atoms with E-state index in [1.165, 1.54) is 17.9 Å². The molecule has 25 heavy (non-hydrogen) atoms. The first kappa shape index (κ1) is 18.7. The zero-order valence-electron chi connectivity index (χ0n) is 14.5. The first-order valence-electron chi connectivity index (χ1n) is 7.61. The highest BCUT2D eigenvalue weighted by atomic mass is 79.9. The number of methoxy groups -OCH3 is 1. The Morgan fingerprint density at radius 2 is 2.12 bits per heavy atom. The second kappa shape index (κ2) is 7.99. The highest BCUT2D eigenvalue weighted by Crippen LogP contribution is 2.37. The van der Waals surface area contributed by atoms with E-state index in [2.05, 4.69) is 21.0 Å². The lowest BCUT2D eigenvalue weighted by molar-refractivity contribution is 0.0943. The van der Waals surface area contributed by atoms with Gasteiger partial charge >= 0.3 is 0 Å². The highest BCUT2D eigenvalue weighted by Gasteiger charge is 2.17. The van der Waals surface area contributed by atoms with E-state index in [0.29, 0.717) is 39.5 Å². The minimum atomic E-state index is -0.475. The van der Waals surface area contributed by atoms with Gasteiger partial charge in [0.15, 0.2) is 11.5 Å². The summed E-state index contributed by atoms with van der Waals surface area (Å²) in [5.74, 6) is 0.612. The van der Waals surface area contributed by atoms with Gasteiger partial charge < -0.3 is 9.47 Å². The van der Waals surface area contributed by atoms with E-state index in [0.717, 1.165) is 0 Å². The van der Waals surface area contributed by atoms with Crippen LogP contribution < -0.4 is 9.47 Å². The fourth-order valence-electron chi connectivity index (χ4n) is 2.36. The average molecular weight is 404 g/mol. The van der Waals surface area contributed by atoms with Gasteiger partial charge in [0.05, 0.1) is 23.9 Å². The number of aryl methyl sites for hydroxylation is 2. The van der Waals surface area contributed by atoms with Crippen molar-refractivity contribution in [2.75, 3.05) is 13.7 Å². The molecule has 0 aliphatic rings. The van der Waals surface area contributed by atoms with Crippen LogP contribution in [0.3, 0.4) is 0 Å². The van der Waals surface area contributed by atoms with Crippen molar-refractivity contribution in [3.63, 3.8) is 0 Å². The fraction of sp³-hybridized carbons (Fsp3) is 0.278. The number of carbonyl (C=O) groups excluding carboxylic acids is 1. The molecule has 0 fully saturated rings. The first-order chi connectivity index (χ1) is 11.9. The number of carbonyl (C=O) groups is 1. The average Bonchev–Trinajstić information content (AvgIpc) is 2.92. The van der Waals surface area contributed by atoms with Gasteiger partial charge in [-0.3, -0.25) is 4.79 Å². The number of rotatable bonds is 5. The van der Waals surface area contributed by atoms with Crippen LogP contribution in [0.25, 0.3) is 6.08 Å². The number of nitriles is 1. The van der Waals surface area contributed by atoms with Crippen LogP contribution in [0.1, 0.15) is 28.7 Å². The number of ether oxygens (including phenoxy) is 2. The van der Waals surface area contributed by atoms with E-state index in [9.17, 15) is 10.1 Å². The molecule has 0 saturated heterocycles. The molecule has 0 saturated carbocycles. The van der Waals surface area contributed by atoms with Gasteiger partial charge in [-0.2, -0.15) is 10.4 Å². The SMILES string of the molecule is CCOc1c(Br)cc(/C=C(\C#N)C(=O)n2nc(C)cc2C)cc1OC. The summed E-state index contributed by atoms with van der Waals surface area (Å²) in [4.78, 5) is 12.6. The summed E-state index contributed by atoms with van der Waals surface area (Å²) in [5.41, 5.74) is 2.01. The van der Waals surface area contributed by atoms with Crippen molar-refractivity contribution in [1.29, 1.82) is 5.26 Å². The molecule has 0 aliphatic heterocycles. The largest absolute Gasteiger partial charge is 0.493 e. The fourth-order valence-corrected chi connectivity index (χ4v) is 2.94. The van der Waals surface area contributed by atoms with Crippen molar-refractivity contribution in [3.8, 4) is 17.6 Å². The summed E-state index contributed by atoms with van der Waals surface area (Å²) < 4.78 is 12.8. The van der Waals surface area contributed by atoms with E-state index in [1.807, 2.05) is 13.0 Å². The second-order valence-electron chi connectivity index (χ2n) is 5.28. The summed E-state index contributed by atoms with van der Waals surface area (Å²) >= 11 is 3.43. The third-order valence-electron chi connectivity index (χ3n) is 3.40. The van der Waals surface area contributed by atoms with Gasteiger partial charge in [-0.05, 0) is 66.5 Å². The van der Waals surface area contributed by atoms with Gasteiger partial charge in [-0.15, -0.1) is 0 Å². The molecule has 7 heteroatoms. The number of aromatic nitrogens is 2. The zero-order valence-corrected chi connectivity index (χ0v) is 16.0. The van der Waals surface area contributed by atoms with Gasteiger partial charge in [0.25, 0.3) is 5.91 Å². The van der Waals surface area contributed by atoms with Gasteiger partial charge in [-0.25, -0.2) is 4.68 Å². The molecule has 1 aromatic carbocycles. The third-order valence-corrected chi connectivity index (χ3v) is 3.99. The van der Waals surface area contributed by atoms with Crippen LogP contribution in [0.5, 0.6) is 11.5 Å². The lowest BCUT2D eigenvalue weighted by Gasteiger charge is -2.12. The molecule has 2 rings (SSSR count). The van der Waals surface area contributed by atoms with E-state index in [1.54, 1.807) is 32.0 Å². The molecule has 0 aliphatic carbocycles. The topological polar surface area (TPSA) is 77.1 Å². The molecule has 130 valence electrons. The van der Waals surface area contributed by atoms with Crippen LogP contribution in [-0.4, -0.2) is 29.4 Å². The lowest BCUT2D eigenvalue weighted by Crippen LogP contribution is -2.15. The normalized spacial score (nSPS) is 11.1. The highest BCUT2D eigenvalue weighted by molar-refractivity contribution is 9.10. The van der Waals surface area contributed by atoms with Crippen LogP contribution in [-0.2, 0) is 0 Å². The summed E-state index contributed by atoms with van der Waals surface area (Å²) in [6.07, 6.45) is 1.50. The van der Waals surface area contributed by atoms with Crippen molar-refractivity contribution < 1.29 is 14.3 Å². The summed E-state index contributed by atoms with van der Waals surface area (Å²) in [5, 5.41) is 13.5. The molecule has 6 nitrogen and oxygen atoms in total. The van der Waals surface area contributed by atoms with Crippen molar-refractivity contribution in [3.05, 3.63) is 45.2 Å². The number of nitrogens with zero attached hydrogens (tertiary/aromatic N) is 3. The molecule has 1 aromatic heterocycles. The molecule has 0 radical (unpaired) electrons. The van der Waals surface area contributed by atoms with Crippen molar-refractivity contribution in [2.45, 2.75) is 20.8 Å². The molecule has 0 spiro atoms. The molecule has 0 amide bonds. The number of benzene rings is 1. The van der Waals surface area contributed by atoms with Gasteiger partial charge in [0.2, 0.25) is 0 Å². The maximum atomic E-state index is 12.6. The monoisotopic (exact) mass is 403 g/mol. The Morgan fingerprint density at radius 1 is 1.40 bits per heavy atom. The standard InChI is InChI=1S/C18H18BrN3O3/c1-5-25-17-15(19)8-13(9-16(17)24-4)7-14(10-20)18(23)22-12(3)6-11(2)21-22/h6-9H,5H2,1-4H3/b14-7+. The summed E-state index contributed by atoms with van der Waals surface area (Å²) in [7, 11) is 1.53. The van der Waals surface area contributed by atoms with Gasteiger partial charge in [0.1, 0.15) is 11.6 Å². The molecule has 0 unspecified atom stereocenters. The second-order valence-corrected chi connectivity index (χ2v) is 6.14. The molecule has 0 atom stereocenters. The van der Waals surface area contributed by atoms with Crippen molar-refractivity contribution in [2.24, 2.45) is 0 Å². The van der Waals surface area contributed by atoms with E-state index < -0.39 is 5.91 Å². The van der Waals surface area contributed by atoms with E-state index in [-0.39, 0.29) is 5.57 Å². The predicted molar refractivity (Wildman–Crippen MR) is 97.8 cm³/mol. The molecular weight excluding hydrogens is 386 g/mol. The predicted octanol–water partition coefficient (Wildman–Crippen LogP) is 3.92. The Morgan fingerprint density at radius 3 is 2.64 bits per heavy atom. The first-order valence-corrected chi connectivity index (χ1v) is 8.40. The maximum Gasteiger partial charge on any atom is 0.289 e. The number of hydrogen-bond acceptors (Lipinski definition) is 5. The van der Waals surface area contributed by atoms with E-state index in [4.69, 9.17) is 9.47 Å². The number of allylic oxidation sites excluding steroid dienone is 1. The summed E-state index contributed by atoms with van der Waals surface area (Å²) in [6, 6.07) is 7.20. The Bertz CT molecular complexity index is 878. The van der Waals surface area contributed by atoms with Crippen LogP contribution in [0.4, 0.5) is 0 Å². The maximum absolute atomic E-state index is 12.6. The Labute approximate surface area is 154 Å². The van der Waals surface area contributed by atoms with Crippen LogP contribution in [0.15, 0.2) is 28.2 Å². The number of hydrogen-bond donors (Lipinski definition) is 0. The Balaban J connectivity index is 2.46. The van der Waals surface area contributed by atoms with Gasteiger partial charge in [-0.1, -0.05) is 0 Å². The quantitative estimate of drug-likeness (QED) is 0.558. The lowest BCUT2D eigenvalue weighted by atomic mass is 10.1. The summed E-state index contributed by atoms with van der Waals surface area (Å²) in [6.45, 7) is 5.93. The van der Waals surface area contributed by atoms with Crippen LogP contribution in [0.2, 0.25) is 0 Å². The molecule has 0 bridgehead atoms. The van der Waals surface area contributed by atoms with Crippen LogP contribution in [0, 0.1) is 25.2 Å². The molecular formula is C18H18BrN3O3. The Kier molecular flexibility index (Phi) is 5.99. The molecule has 2 aromatic rings. The molecule has 0 N–H and O–H groups in total. The minimum Gasteiger partial charge on any atom is -0.493 e. The zero-order chi connectivity index (χ0) is 18.6. The van der Waals surface area contributed by atoms with Crippen LogP contribution >= 0.6 is 15.9 Å². The number of halogens is 1. The Hall–Kier alpha value is -2.59. The van der Waals surface area contributed by atoms with Gasteiger partial charge in [0, 0.05) is 5.69 Å².